The Hall–Kier alpha value is -3.19. The van der Waals surface area contributed by atoms with Crippen molar-refractivity contribution in [2.24, 2.45) is 0 Å². The van der Waals surface area contributed by atoms with E-state index in [0.29, 0.717) is 11.3 Å². The van der Waals surface area contributed by atoms with E-state index < -0.39 is 12.1 Å². The van der Waals surface area contributed by atoms with E-state index in [4.69, 9.17) is 9.47 Å². The lowest BCUT2D eigenvalue weighted by atomic mass is 10.1. The predicted octanol–water partition coefficient (Wildman–Crippen LogP) is 1.89. The van der Waals surface area contributed by atoms with Gasteiger partial charge in [-0.2, -0.15) is 0 Å². The molecule has 0 aliphatic heterocycles. The molecule has 0 fully saturated rings. The fourth-order valence-corrected chi connectivity index (χ4v) is 2.18. The first-order valence-corrected chi connectivity index (χ1v) is 8.51. The summed E-state index contributed by atoms with van der Waals surface area (Å²) in [6.45, 7) is 1.84. The second-order valence-electron chi connectivity index (χ2n) is 5.55. The Kier molecular flexibility index (Phi) is 7.99. The zero-order chi connectivity index (χ0) is 19.5. The van der Waals surface area contributed by atoms with E-state index in [2.05, 4.69) is 10.3 Å². The molecule has 1 amide bonds. The van der Waals surface area contributed by atoms with Crippen LogP contribution in [0.1, 0.15) is 24.2 Å². The first-order chi connectivity index (χ1) is 13.1. The van der Waals surface area contributed by atoms with E-state index >= 15 is 0 Å². The molecule has 1 aromatic heterocycles. The van der Waals surface area contributed by atoms with Gasteiger partial charge >= 0.3 is 5.97 Å². The number of nitrogens with zero attached hydrogens (tertiary/aromatic N) is 1. The van der Waals surface area contributed by atoms with E-state index in [1.165, 1.54) is 6.08 Å². The van der Waals surface area contributed by atoms with Gasteiger partial charge in [-0.25, -0.2) is 4.79 Å². The summed E-state index contributed by atoms with van der Waals surface area (Å²) in [6, 6.07) is 10.3. The number of rotatable bonds is 9. The van der Waals surface area contributed by atoms with Gasteiger partial charge in [0.1, 0.15) is 5.75 Å². The van der Waals surface area contributed by atoms with Crippen molar-refractivity contribution in [1.82, 2.24) is 10.3 Å². The number of nitrogens with one attached hydrogen (secondary N) is 1. The number of hydrogen-bond donors (Lipinski definition) is 2. The molecule has 0 saturated carbocycles. The Morgan fingerprint density at radius 2 is 2.15 bits per heavy atom. The highest BCUT2D eigenvalue weighted by atomic mass is 16.6. The molecule has 0 aliphatic carbocycles. The van der Waals surface area contributed by atoms with Crippen LogP contribution in [0.4, 0.5) is 0 Å². The Morgan fingerprint density at radius 3 is 2.89 bits per heavy atom. The van der Waals surface area contributed by atoms with Gasteiger partial charge in [0.25, 0.3) is 0 Å². The van der Waals surface area contributed by atoms with E-state index in [0.717, 1.165) is 5.56 Å². The van der Waals surface area contributed by atoms with Gasteiger partial charge in [-0.1, -0.05) is 18.2 Å². The number of aliphatic hydroxyl groups is 1. The third kappa shape index (κ3) is 7.29. The lowest BCUT2D eigenvalue weighted by Gasteiger charge is -2.13. The summed E-state index contributed by atoms with van der Waals surface area (Å²) < 4.78 is 10.1. The number of pyridine rings is 1. The number of ether oxygens (including phenoxy) is 2. The van der Waals surface area contributed by atoms with Gasteiger partial charge in [0.2, 0.25) is 5.91 Å². The lowest BCUT2D eigenvalue weighted by Crippen LogP contribution is -2.26. The highest BCUT2D eigenvalue weighted by Gasteiger charge is 2.10. The van der Waals surface area contributed by atoms with Gasteiger partial charge in [-0.05, 0) is 42.3 Å². The molecule has 0 spiro atoms. The number of carbonyl (C=O) groups is 2. The van der Waals surface area contributed by atoms with E-state index in [9.17, 15) is 14.7 Å². The van der Waals surface area contributed by atoms with Gasteiger partial charge in [0, 0.05) is 25.0 Å². The predicted molar refractivity (Wildman–Crippen MR) is 99.8 cm³/mol. The third-order valence-corrected chi connectivity index (χ3v) is 3.49. The zero-order valence-electron chi connectivity index (χ0n) is 15.0. The Labute approximate surface area is 157 Å². The van der Waals surface area contributed by atoms with Crippen molar-refractivity contribution in [2.45, 2.75) is 13.0 Å². The molecule has 2 aromatic rings. The molecule has 1 heterocycles. The number of esters is 1. The first-order valence-electron chi connectivity index (χ1n) is 8.51. The topological polar surface area (TPSA) is 97.8 Å². The molecule has 2 rings (SSSR count). The number of amides is 1. The summed E-state index contributed by atoms with van der Waals surface area (Å²) in [5.74, 6) is -0.355. The molecule has 0 bridgehead atoms. The quantitative estimate of drug-likeness (QED) is 0.517. The molecule has 1 unspecified atom stereocenters. The van der Waals surface area contributed by atoms with Crippen molar-refractivity contribution in [3.05, 3.63) is 66.0 Å². The van der Waals surface area contributed by atoms with Crippen LogP contribution in [-0.2, 0) is 14.3 Å². The van der Waals surface area contributed by atoms with Crippen LogP contribution in [0.15, 0.2) is 54.9 Å². The number of aliphatic hydroxyl groups excluding tert-OH is 1. The monoisotopic (exact) mass is 370 g/mol. The van der Waals surface area contributed by atoms with Gasteiger partial charge < -0.3 is 19.9 Å². The van der Waals surface area contributed by atoms with Crippen molar-refractivity contribution in [1.29, 1.82) is 0 Å². The van der Waals surface area contributed by atoms with Crippen LogP contribution in [-0.4, -0.2) is 41.7 Å². The molecular formula is C20H22N2O5. The van der Waals surface area contributed by atoms with Gasteiger partial charge in [-0.15, -0.1) is 0 Å². The van der Waals surface area contributed by atoms with Crippen LogP contribution in [0.25, 0.3) is 6.08 Å². The number of carbonyl (C=O) groups excluding carboxylic acids is 2. The summed E-state index contributed by atoms with van der Waals surface area (Å²) in [6.07, 6.45) is 5.40. The minimum atomic E-state index is -0.910. The highest BCUT2D eigenvalue weighted by Crippen LogP contribution is 2.19. The van der Waals surface area contributed by atoms with Crippen LogP contribution in [0, 0.1) is 0 Å². The third-order valence-electron chi connectivity index (χ3n) is 3.49. The largest absolute Gasteiger partial charge is 0.482 e. The molecule has 27 heavy (non-hydrogen) atoms. The van der Waals surface area contributed by atoms with Gasteiger partial charge in [0.15, 0.2) is 6.61 Å². The molecule has 0 radical (unpaired) electrons. The summed E-state index contributed by atoms with van der Waals surface area (Å²) >= 11 is 0. The molecule has 1 atom stereocenters. The van der Waals surface area contributed by atoms with Crippen LogP contribution < -0.4 is 10.1 Å². The second-order valence-corrected chi connectivity index (χ2v) is 5.55. The highest BCUT2D eigenvalue weighted by molar-refractivity contribution is 5.91. The van der Waals surface area contributed by atoms with E-state index in [1.807, 2.05) is 6.07 Å². The molecule has 7 heteroatoms. The first kappa shape index (κ1) is 20.1. The lowest BCUT2D eigenvalue weighted by molar-refractivity contribution is -0.145. The maximum Gasteiger partial charge on any atom is 0.344 e. The maximum absolute atomic E-state index is 11.9. The molecule has 142 valence electrons. The van der Waals surface area contributed by atoms with Gasteiger partial charge in [0.05, 0.1) is 12.7 Å². The summed E-state index contributed by atoms with van der Waals surface area (Å²) in [5, 5.41) is 12.9. The summed E-state index contributed by atoms with van der Waals surface area (Å²) in [4.78, 5) is 27.1. The molecule has 1 aromatic carbocycles. The van der Waals surface area contributed by atoms with Crippen LogP contribution in [0.5, 0.6) is 5.75 Å². The number of hydrogen-bond acceptors (Lipinski definition) is 6. The Bertz CT molecular complexity index is 777. The van der Waals surface area contributed by atoms with Crippen LogP contribution in [0.2, 0.25) is 0 Å². The SMILES string of the molecule is CCOC(=O)COc1cccc(C(O)CNC(=O)/C=C/c2cccnc2)c1. The minimum Gasteiger partial charge on any atom is -0.482 e. The van der Waals surface area contributed by atoms with Crippen molar-refractivity contribution in [3.63, 3.8) is 0 Å². The van der Waals surface area contributed by atoms with Gasteiger partial charge in [-0.3, -0.25) is 9.78 Å². The molecule has 0 aliphatic rings. The zero-order valence-corrected chi connectivity index (χ0v) is 15.0. The fourth-order valence-electron chi connectivity index (χ4n) is 2.18. The minimum absolute atomic E-state index is 0.0392. The Morgan fingerprint density at radius 1 is 1.30 bits per heavy atom. The average Bonchev–Trinajstić information content (AvgIpc) is 2.70. The standard InChI is InChI=1S/C20H22N2O5/c1-2-26-20(25)14-27-17-7-3-6-16(11-17)18(23)13-22-19(24)9-8-15-5-4-10-21-12-15/h3-12,18,23H,2,13-14H2,1H3,(H,22,24)/b9-8+. The van der Waals surface area contributed by atoms with Crippen molar-refractivity contribution < 1.29 is 24.2 Å². The average molecular weight is 370 g/mol. The molecule has 2 N–H and O–H groups in total. The van der Waals surface area contributed by atoms with E-state index in [1.54, 1.807) is 55.7 Å². The number of aromatic nitrogens is 1. The molecule has 7 nitrogen and oxygen atoms in total. The van der Waals surface area contributed by atoms with Crippen LogP contribution in [0.3, 0.4) is 0 Å². The molecular weight excluding hydrogens is 348 g/mol. The maximum atomic E-state index is 11.9. The van der Waals surface area contributed by atoms with Crippen molar-refractivity contribution in [3.8, 4) is 5.75 Å². The Balaban J connectivity index is 1.83. The smallest absolute Gasteiger partial charge is 0.344 e. The van der Waals surface area contributed by atoms with Crippen molar-refractivity contribution >= 4 is 18.0 Å². The van der Waals surface area contributed by atoms with Crippen LogP contribution >= 0.6 is 0 Å². The summed E-state index contributed by atoms with van der Waals surface area (Å²) in [5.41, 5.74) is 1.37. The van der Waals surface area contributed by atoms with Crippen molar-refractivity contribution in [2.75, 3.05) is 19.8 Å². The summed E-state index contributed by atoms with van der Waals surface area (Å²) in [7, 11) is 0. The normalized spacial score (nSPS) is 11.8. The van der Waals surface area contributed by atoms with E-state index in [-0.39, 0.29) is 25.7 Å². The fraction of sp³-hybridized carbons (Fsp3) is 0.250. The second kappa shape index (κ2) is 10.7. The number of benzene rings is 1. The molecule has 0 saturated heterocycles.